The van der Waals surface area contributed by atoms with Gasteiger partial charge in [0.1, 0.15) is 11.6 Å². The molecule has 0 saturated carbocycles. The highest BCUT2D eigenvalue weighted by Gasteiger charge is 2.74. The highest BCUT2D eigenvalue weighted by molar-refractivity contribution is 6.34. The van der Waals surface area contributed by atoms with E-state index in [1.807, 2.05) is 57.2 Å². The third-order valence-electron chi connectivity index (χ3n) is 8.65. The second-order valence-electron chi connectivity index (χ2n) is 11.3. The highest BCUT2D eigenvalue weighted by Crippen LogP contribution is 2.57. The SMILES string of the molecule is CCCN1CC=C[C@@]2(C)O[C@]34C=CCN(c5c(C)cccc5Cl)C(=O)C3N(CCCCCO)C(=O)[C@@H]4[C@H]2C1=O. The summed E-state index contributed by atoms with van der Waals surface area (Å²) in [5, 5.41) is 9.73. The Morgan fingerprint density at radius 2 is 1.77 bits per heavy atom. The number of ether oxygens (including phenoxy) is 1. The van der Waals surface area contributed by atoms with Crippen molar-refractivity contribution in [1.29, 1.82) is 0 Å². The molecule has 5 atom stereocenters. The molecule has 3 amide bonds. The van der Waals surface area contributed by atoms with Crippen molar-refractivity contribution in [1.82, 2.24) is 9.80 Å². The van der Waals surface area contributed by atoms with Crippen LogP contribution in [0.3, 0.4) is 0 Å². The van der Waals surface area contributed by atoms with Crippen molar-refractivity contribution in [2.45, 2.75) is 63.7 Å². The summed E-state index contributed by atoms with van der Waals surface area (Å²) in [5.74, 6) is -2.17. The number of anilines is 1. The number of halogens is 1. The van der Waals surface area contributed by atoms with Gasteiger partial charge in [-0.3, -0.25) is 14.4 Å². The van der Waals surface area contributed by atoms with E-state index in [2.05, 4.69) is 0 Å². The number of carbonyl (C=O) groups excluding carboxylic acids is 3. The van der Waals surface area contributed by atoms with Crippen molar-refractivity contribution in [3.05, 3.63) is 53.1 Å². The minimum absolute atomic E-state index is 0.0722. The topological polar surface area (TPSA) is 90.4 Å². The largest absolute Gasteiger partial charge is 0.396 e. The summed E-state index contributed by atoms with van der Waals surface area (Å²) in [6.45, 7) is 7.54. The van der Waals surface area contributed by atoms with Crippen LogP contribution in [0, 0.1) is 18.8 Å². The summed E-state index contributed by atoms with van der Waals surface area (Å²) in [6.07, 6.45) is 10.4. The normalized spacial score (nSPS) is 31.9. The lowest BCUT2D eigenvalue weighted by atomic mass is 9.74. The summed E-state index contributed by atoms with van der Waals surface area (Å²) in [7, 11) is 0. The monoisotopic (exact) mass is 555 g/mol. The van der Waals surface area contributed by atoms with Crippen molar-refractivity contribution in [2.24, 2.45) is 11.8 Å². The zero-order chi connectivity index (χ0) is 27.9. The molecule has 5 rings (SSSR count). The Morgan fingerprint density at radius 3 is 2.49 bits per heavy atom. The van der Waals surface area contributed by atoms with Gasteiger partial charge in [0.15, 0.2) is 0 Å². The molecule has 8 nitrogen and oxygen atoms in total. The van der Waals surface area contributed by atoms with Gasteiger partial charge < -0.3 is 24.5 Å². The second-order valence-corrected chi connectivity index (χ2v) is 11.7. The fourth-order valence-electron chi connectivity index (χ4n) is 7.02. The van der Waals surface area contributed by atoms with E-state index in [1.54, 1.807) is 20.8 Å². The summed E-state index contributed by atoms with van der Waals surface area (Å²) in [4.78, 5) is 47.9. The molecule has 1 N–H and O–H groups in total. The molecular formula is C30H38ClN3O5. The minimum Gasteiger partial charge on any atom is -0.396 e. The quantitative estimate of drug-likeness (QED) is 0.392. The van der Waals surface area contributed by atoms with Crippen molar-refractivity contribution >= 4 is 35.0 Å². The molecule has 0 aliphatic carbocycles. The number of hydrogen-bond donors (Lipinski definition) is 1. The van der Waals surface area contributed by atoms with Gasteiger partial charge in [0.25, 0.3) is 5.91 Å². The van der Waals surface area contributed by atoms with Crippen LogP contribution in [0.15, 0.2) is 42.5 Å². The molecule has 0 bridgehead atoms. The van der Waals surface area contributed by atoms with Gasteiger partial charge in [0.2, 0.25) is 11.8 Å². The molecule has 9 heteroatoms. The number of aryl methyl sites for hydroxylation is 1. The van der Waals surface area contributed by atoms with Gasteiger partial charge in [0.05, 0.1) is 28.1 Å². The van der Waals surface area contributed by atoms with Crippen LogP contribution < -0.4 is 4.90 Å². The van der Waals surface area contributed by atoms with E-state index < -0.39 is 29.1 Å². The molecule has 2 saturated heterocycles. The lowest BCUT2D eigenvalue weighted by Gasteiger charge is -2.37. The number of amides is 3. The molecule has 0 aromatic heterocycles. The zero-order valence-electron chi connectivity index (χ0n) is 22.9. The van der Waals surface area contributed by atoms with Crippen LogP contribution in [0.1, 0.15) is 45.1 Å². The zero-order valence-corrected chi connectivity index (χ0v) is 23.7. The van der Waals surface area contributed by atoms with Crippen LogP contribution in [0.2, 0.25) is 5.02 Å². The van der Waals surface area contributed by atoms with Crippen LogP contribution in [0.5, 0.6) is 0 Å². The average molecular weight is 556 g/mol. The number of para-hydroxylation sites is 1. The van der Waals surface area contributed by atoms with E-state index in [-0.39, 0.29) is 30.9 Å². The maximum Gasteiger partial charge on any atom is 0.253 e. The Hall–Kier alpha value is -2.68. The molecule has 2 fully saturated rings. The fourth-order valence-corrected chi connectivity index (χ4v) is 7.34. The van der Waals surface area contributed by atoms with E-state index >= 15 is 0 Å². The number of fused-ring (bicyclic) bond motifs is 2. The summed E-state index contributed by atoms with van der Waals surface area (Å²) < 4.78 is 6.86. The Bertz CT molecular complexity index is 1200. The van der Waals surface area contributed by atoms with Gasteiger partial charge in [-0.2, -0.15) is 0 Å². The number of nitrogens with zero attached hydrogens (tertiary/aromatic N) is 3. The van der Waals surface area contributed by atoms with Crippen molar-refractivity contribution < 1.29 is 24.2 Å². The van der Waals surface area contributed by atoms with E-state index in [0.717, 1.165) is 18.4 Å². The number of likely N-dealkylation sites (tertiary alicyclic amines) is 1. The molecule has 0 radical (unpaired) electrons. The predicted molar refractivity (Wildman–Crippen MR) is 149 cm³/mol. The number of aliphatic hydroxyl groups excluding tert-OH is 1. The van der Waals surface area contributed by atoms with Gasteiger partial charge in [-0.05, 0) is 51.2 Å². The van der Waals surface area contributed by atoms with E-state index in [1.165, 1.54) is 0 Å². The summed E-state index contributed by atoms with van der Waals surface area (Å²) >= 11 is 6.61. The maximum absolute atomic E-state index is 14.5. The maximum atomic E-state index is 14.5. The molecule has 1 spiro atoms. The molecule has 4 heterocycles. The first-order chi connectivity index (χ1) is 18.7. The fraction of sp³-hybridized carbons (Fsp3) is 0.567. The molecular weight excluding hydrogens is 518 g/mol. The molecule has 4 aliphatic heterocycles. The highest BCUT2D eigenvalue weighted by atomic mass is 35.5. The third-order valence-corrected chi connectivity index (χ3v) is 8.95. The van der Waals surface area contributed by atoms with Gasteiger partial charge >= 0.3 is 0 Å². The van der Waals surface area contributed by atoms with Gasteiger partial charge in [0, 0.05) is 32.8 Å². The van der Waals surface area contributed by atoms with E-state index in [0.29, 0.717) is 43.2 Å². The first kappa shape index (κ1) is 27.9. The number of carbonyl (C=O) groups is 3. The van der Waals surface area contributed by atoms with Crippen LogP contribution in [0.4, 0.5) is 5.69 Å². The van der Waals surface area contributed by atoms with Gasteiger partial charge in [-0.15, -0.1) is 0 Å². The van der Waals surface area contributed by atoms with Gasteiger partial charge in [-0.25, -0.2) is 0 Å². The number of rotatable bonds is 8. The van der Waals surface area contributed by atoms with E-state index in [4.69, 9.17) is 16.3 Å². The molecule has 1 aromatic carbocycles. The molecule has 4 aliphatic rings. The van der Waals surface area contributed by atoms with Crippen LogP contribution in [-0.4, -0.2) is 82.7 Å². The summed E-state index contributed by atoms with van der Waals surface area (Å²) in [5.41, 5.74) is -0.843. The minimum atomic E-state index is -1.29. The second kappa shape index (κ2) is 10.7. The standard InChI is InChI=1S/C30H38ClN3O5/c1-4-15-32-16-9-13-29(3)22(26(32)36)23-27(37)34(17-6-5-7-19-35)25-28(38)33(18-10-14-30(23,25)39-29)24-20(2)11-8-12-21(24)31/h8-14,22-23,25,35H,4-7,15-19H2,1-3H3/t22-,23-,25?,29+,30-/m0/s1. The first-order valence-electron chi connectivity index (χ1n) is 14.0. The van der Waals surface area contributed by atoms with Crippen LogP contribution in [0.25, 0.3) is 0 Å². The Balaban J connectivity index is 1.62. The Labute approximate surface area is 235 Å². The van der Waals surface area contributed by atoms with Crippen LogP contribution >= 0.6 is 11.6 Å². The average Bonchev–Trinajstić information content (AvgIpc) is 3.16. The lowest BCUT2D eigenvalue weighted by Crippen LogP contribution is -2.56. The Kier molecular flexibility index (Phi) is 7.65. The number of unbranched alkanes of at least 4 members (excludes halogenated alkanes) is 2. The van der Waals surface area contributed by atoms with E-state index in [9.17, 15) is 19.5 Å². The molecule has 39 heavy (non-hydrogen) atoms. The molecule has 1 aromatic rings. The molecule has 1 unspecified atom stereocenters. The molecule has 210 valence electrons. The Morgan fingerprint density at radius 1 is 1.00 bits per heavy atom. The number of hydrogen-bond acceptors (Lipinski definition) is 5. The number of aliphatic hydroxyl groups is 1. The smallest absolute Gasteiger partial charge is 0.253 e. The van der Waals surface area contributed by atoms with Crippen molar-refractivity contribution in [2.75, 3.05) is 37.7 Å². The lowest BCUT2D eigenvalue weighted by molar-refractivity contribution is -0.148. The predicted octanol–water partition coefficient (Wildman–Crippen LogP) is 3.49. The number of benzene rings is 1. The van der Waals surface area contributed by atoms with Crippen LogP contribution in [-0.2, 0) is 19.1 Å². The van der Waals surface area contributed by atoms with Gasteiger partial charge in [-0.1, -0.05) is 55.0 Å². The van der Waals surface area contributed by atoms with Crippen molar-refractivity contribution in [3.8, 4) is 0 Å². The first-order valence-corrected chi connectivity index (χ1v) is 14.4. The van der Waals surface area contributed by atoms with Crippen molar-refractivity contribution in [3.63, 3.8) is 0 Å². The summed E-state index contributed by atoms with van der Waals surface area (Å²) in [6, 6.07) is 4.57. The third kappa shape index (κ3) is 4.41.